The van der Waals surface area contributed by atoms with Crippen molar-refractivity contribution in [1.29, 1.82) is 0 Å². The highest BCUT2D eigenvalue weighted by atomic mass is 16.4. The van der Waals surface area contributed by atoms with Crippen molar-refractivity contribution >= 4 is 11.0 Å². The second-order valence-corrected chi connectivity index (χ2v) is 6.87. The zero-order valence-corrected chi connectivity index (χ0v) is 15.4. The van der Waals surface area contributed by atoms with E-state index in [1.54, 1.807) is 12.3 Å². The Morgan fingerprint density at radius 2 is 1.74 bits per heavy atom. The predicted octanol–water partition coefficient (Wildman–Crippen LogP) is 3.86. The van der Waals surface area contributed by atoms with Crippen LogP contribution in [0.15, 0.2) is 80.6 Å². The van der Waals surface area contributed by atoms with Crippen LogP contribution in [0.3, 0.4) is 0 Å². The number of hydrogen-bond acceptors (Lipinski definition) is 3. The average Bonchev–Trinajstić information content (AvgIpc) is 3.19. The molecule has 2 heterocycles. The van der Waals surface area contributed by atoms with Crippen molar-refractivity contribution < 1.29 is 14.2 Å². The molecular weight excluding hydrogens is 338 g/mol. The van der Waals surface area contributed by atoms with Gasteiger partial charge in [-0.1, -0.05) is 30.3 Å². The molecule has 0 unspecified atom stereocenters. The molecule has 0 radical (unpaired) electrons. The molecule has 4 heteroatoms. The van der Waals surface area contributed by atoms with Gasteiger partial charge in [0, 0.05) is 22.6 Å². The van der Waals surface area contributed by atoms with Crippen molar-refractivity contribution in [3.05, 3.63) is 105 Å². The van der Waals surface area contributed by atoms with E-state index in [0.717, 1.165) is 27.8 Å². The molecule has 136 valence electrons. The summed E-state index contributed by atoms with van der Waals surface area (Å²) in [4.78, 5) is 12.0. The molecule has 0 amide bonds. The van der Waals surface area contributed by atoms with Gasteiger partial charge in [-0.15, -0.1) is 0 Å². The fraction of sp³-hybridized carbons (Fsp3) is 0.174. The highest BCUT2D eigenvalue weighted by Gasteiger charge is 2.21. The minimum Gasteiger partial charge on any atom is -0.463 e. The third-order valence-corrected chi connectivity index (χ3v) is 5.03. The molecule has 0 aliphatic rings. The summed E-state index contributed by atoms with van der Waals surface area (Å²) in [5.41, 5.74) is 4.75. The monoisotopic (exact) mass is 360 g/mol. The summed E-state index contributed by atoms with van der Waals surface area (Å²) in [5, 5.41) is 3.18. The molecule has 0 aliphatic carbocycles. The lowest BCUT2D eigenvalue weighted by molar-refractivity contribution is -0.704. The Bertz CT molecular complexity index is 1110. The minimum absolute atomic E-state index is 0.0232. The molecular formula is C23H22NO3+. The van der Waals surface area contributed by atoms with E-state index in [2.05, 4.69) is 30.4 Å². The molecule has 2 aromatic heterocycles. The Morgan fingerprint density at radius 3 is 2.48 bits per heavy atom. The molecule has 0 fully saturated rings. The number of fused-ring (bicyclic) bond motifs is 1. The van der Waals surface area contributed by atoms with Crippen LogP contribution >= 0.6 is 0 Å². The number of rotatable bonds is 5. The predicted molar refractivity (Wildman–Crippen MR) is 105 cm³/mol. The van der Waals surface area contributed by atoms with E-state index in [0.29, 0.717) is 12.1 Å². The highest BCUT2D eigenvalue weighted by molar-refractivity contribution is 5.81. The smallest absolute Gasteiger partial charge is 0.336 e. The van der Waals surface area contributed by atoms with Crippen LogP contribution < -0.4 is 10.9 Å². The van der Waals surface area contributed by atoms with Gasteiger partial charge in [-0.05, 0) is 49.2 Å². The number of benzene rings is 2. The summed E-state index contributed by atoms with van der Waals surface area (Å²) < 4.78 is 11.1. The van der Waals surface area contributed by atoms with E-state index in [1.807, 2.05) is 43.3 Å². The molecule has 4 rings (SSSR count). The maximum Gasteiger partial charge on any atom is 0.336 e. The van der Waals surface area contributed by atoms with Gasteiger partial charge < -0.3 is 14.2 Å². The second kappa shape index (κ2) is 7.25. The van der Waals surface area contributed by atoms with E-state index >= 15 is 0 Å². The van der Waals surface area contributed by atoms with E-state index in [1.165, 1.54) is 5.56 Å². The largest absolute Gasteiger partial charge is 0.463 e. The lowest BCUT2D eigenvalue weighted by atomic mass is 10.0. The first-order chi connectivity index (χ1) is 13.1. The lowest BCUT2D eigenvalue weighted by Gasteiger charge is -2.15. The molecule has 2 N–H and O–H groups in total. The Hall–Kier alpha value is -3.11. The van der Waals surface area contributed by atoms with Crippen molar-refractivity contribution in [1.82, 2.24) is 0 Å². The van der Waals surface area contributed by atoms with E-state index in [4.69, 9.17) is 8.83 Å². The minimum atomic E-state index is -0.316. The van der Waals surface area contributed by atoms with Gasteiger partial charge in [0.15, 0.2) is 11.8 Å². The summed E-state index contributed by atoms with van der Waals surface area (Å²) in [5.74, 6) is 0.889. The average molecular weight is 360 g/mol. The number of quaternary nitrogens is 1. The fourth-order valence-electron chi connectivity index (χ4n) is 3.44. The first-order valence-corrected chi connectivity index (χ1v) is 9.07. The van der Waals surface area contributed by atoms with Gasteiger partial charge in [0.1, 0.15) is 12.1 Å². The van der Waals surface area contributed by atoms with Gasteiger partial charge in [-0.3, -0.25) is 0 Å². The van der Waals surface area contributed by atoms with Gasteiger partial charge in [0.25, 0.3) is 0 Å². The standard InChI is InChI=1S/C23H21NO3/c1-15-11-19-18(13-22(25)27-21(19)12-16(15)2)14-24-23(20-9-6-10-26-20)17-7-4-3-5-8-17/h3-13,23-24H,14H2,1-2H3/p+1/t23-/m0/s1. The molecule has 27 heavy (non-hydrogen) atoms. The topological polar surface area (TPSA) is 60.0 Å². The molecule has 0 saturated heterocycles. The fourth-order valence-corrected chi connectivity index (χ4v) is 3.44. The van der Waals surface area contributed by atoms with Crippen molar-refractivity contribution in [2.45, 2.75) is 26.4 Å². The van der Waals surface area contributed by atoms with Gasteiger partial charge in [-0.2, -0.15) is 0 Å². The van der Waals surface area contributed by atoms with E-state index in [-0.39, 0.29) is 11.7 Å². The van der Waals surface area contributed by atoms with Crippen LogP contribution in [-0.2, 0) is 6.54 Å². The van der Waals surface area contributed by atoms with Gasteiger partial charge in [0.2, 0.25) is 0 Å². The van der Waals surface area contributed by atoms with Gasteiger partial charge >= 0.3 is 5.63 Å². The zero-order chi connectivity index (χ0) is 18.8. The van der Waals surface area contributed by atoms with E-state index in [9.17, 15) is 4.79 Å². The molecule has 0 saturated carbocycles. The third kappa shape index (κ3) is 3.57. The third-order valence-electron chi connectivity index (χ3n) is 5.03. The maximum absolute atomic E-state index is 12.0. The van der Waals surface area contributed by atoms with Crippen LogP contribution in [-0.4, -0.2) is 0 Å². The molecule has 1 atom stereocenters. The summed E-state index contributed by atoms with van der Waals surface area (Å²) in [7, 11) is 0. The van der Waals surface area contributed by atoms with Crippen LogP contribution in [0.25, 0.3) is 11.0 Å². The highest BCUT2D eigenvalue weighted by Crippen LogP contribution is 2.22. The molecule has 0 bridgehead atoms. The normalized spacial score (nSPS) is 12.4. The molecule has 0 aliphatic heterocycles. The van der Waals surface area contributed by atoms with Crippen LogP contribution in [0.5, 0.6) is 0 Å². The molecule has 2 aromatic carbocycles. The summed E-state index contributed by atoms with van der Waals surface area (Å²) in [6.07, 6.45) is 1.69. The summed E-state index contributed by atoms with van der Waals surface area (Å²) >= 11 is 0. The Kier molecular flexibility index (Phi) is 4.65. The summed E-state index contributed by atoms with van der Waals surface area (Å²) in [6, 6.07) is 19.8. The maximum atomic E-state index is 12.0. The SMILES string of the molecule is Cc1cc2oc(=O)cc(C[NH2+][C@@H](c3ccccc3)c3ccco3)c2cc1C. The molecule has 4 nitrogen and oxygen atoms in total. The van der Waals surface area contributed by atoms with Crippen molar-refractivity contribution in [2.24, 2.45) is 0 Å². The van der Waals surface area contributed by atoms with Crippen LogP contribution in [0.2, 0.25) is 0 Å². The number of hydrogen-bond donors (Lipinski definition) is 1. The number of aryl methyl sites for hydroxylation is 2. The zero-order valence-electron chi connectivity index (χ0n) is 15.4. The summed E-state index contributed by atoms with van der Waals surface area (Å²) in [6.45, 7) is 4.74. The van der Waals surface area contributed by atoms with Crippen molar-refractivity contribution in [3.8, 4) is 0 Å². The van der Waals surface area contributed by atoms with E-state index < -0.39 is 0 Å². The van der Waals surface area contributed by atoms with Gasteiger partial charge in [0.05, 0.1) is 6.26 Å². The quantitative estimate of drug-likeness (QED) is 0.550. The van der Waals surface area contributed by atoms with Crippen LogP contribution in [0.1, 0.15) is 34.1 Å². The Morgan fingerprint density at radius 1 is 0.963 bits per heavy atom. The first kappa shape index (κ1) is 17.3. The van der Waals surface area contributed by atoms with Crippen LogP contribution in [0, 0.1) is 13.8 Å². The Balaban J connectivity index is 1.71. The first-order valence-electron chi connectivity index (χ1n) is 9.07. The molecule has 4 aromatic rings. The second-order valence-electron chi connectivity index (χ2n) is 6.87. The Labute approximate surface area is 157 Å². The van der Waals surface area contributed by atoms with Crippen molar-refractivity contribution in [2.75, 3.05) is 0 Å². The lowest BCUT2D eigenvalue weighted by Crippen LogP contribution is -2.83. The van der Waals surface area contributed by atoms with Gasteiger partial charge in [-0.25, -0.2) is 4.79 Å². The number of nitrogens with two attached hydrogens (primary N) is 1. The molecule has 0 spiro atoms. The number of furan rings is 1. The van der Waals surface area contributed by atoms with Crippen LogP contribution in [0.4, 0.5) is 0 Å². The van der Waals surface area contributed by atoms with Crippen molar-refractivity contribution in [3.63, 3.8) is 0 Å².